The van der Waals surface area contributed by atoms with E-state index < -0.39 is 15.2 Å². The van der Waals surface area contributed by atoms with Crippen molar-refractivity contribution in [2.45, 2.75) is 13.3 Å². The number of rotatable bonds is 15. The van der Waals surface area contributed by atoms with Gasteiger partial charge in [-0.05, 0) is 6.42 Å². The summed E-state index contributed by atoms with van der Waals surface area (Å²) in [7, 11) is -0.688. The number of hydrogen-bond acceptors (Lipinski definition) is 8. The maximum Gasteiger partial charge on any atom is 0.331 e. The van der Waals surface area contributed by atoms with Crippen LogP contribution in [0.4, 0.5) is 0 Å². The molecule has 140 valence electrons. The van der Waals surface area contributed by atoms with Crippen LogP contribution in [0.3, 0.4) is 0 Å². The molecular weight excluding hydrogens is 344 g/mol. The molecule has 0 N–H and O–H groups in total. The van der Waals surface area contributed by atoms with E-state index in [1.54, 1.807) is 0 Å². The first kappa shape index (κ1) is 23.2. The lowest BCUT2D eigenvalue weighted by molar-refractivity contribution is 0.106. The van der Waals surface area contributed by atoms with Crippen LogP contribution in [-0.4, -0.2) is 78.5 Å². The molecule has 0 radical (unpaired) electrons. The van der Waals surface area contributed by atoms with Gasteiger partial charge in [-0.2, -0.15) is 0 Å². The Hall–Kier alpha value is 0.220. The van der Waals surface area contributed by atoms with Crippen molar-refractivity contribution in [2.24, 2.45) is 0 Å². The maximum absolute atomic E-state index is 12.1. The van der Waals surface area contributed by atoms with Crippen molar-refractivity contribution in [3.63, 3.8) is 0 Å². The van der Waals surface area contributed by atoms with Crippen molar-refractivity contribution in [2.75, 3.05) is 73.6 Å². The minimum atomic E-state index is -3.07. The van der Waals surface area contributed by atoms with Crippen LogP contribution in [0.5, 0.6) is 0 Å². The second kappa shape index (κ2) is 12.6. The van der Waals surface area contributed by atoms with Gasteiger partial charge in [0.05, 0.1) is 18.9 Å². The fourth-order valence-electron chi connectivity index (χ4n) is 1.82. The number of ether oxygens (including phenoxy) is 1. The Morgan fingerprint density at radius 1 is 0.739 bits per heavy atom. The highest BCUT2D eigenvalue weighted by Crippen LogP contribution is 2.47. The maximum atomic E-state index is 12.1. The first-order chi connectivity index (χ1) is 10.9. The van der Waals surface area contributed by atoms with E-state index in [1.165, 1.54) is 28.4 Å². The molecule has 0 heterocycles. The molecule has 8 nitrogen and oxygen atoms in total. The average molecular weight is 375 g/mol. The minimum Gasteiger partial charge on any atom is -0.380 e. The van der Waals surface area contributed by atoms with Crippen molar-refractivity contribution in [1.82, 2.24) is 4.90 Å². The van der Waals surface area contributed by atoms with Crippen molar-refractivity contribution >= 4 is 15.2 Å². The lowest BCUT2D eigenvalue weighted by Gasteiger charge is -2.25. The Balaban J connectivity index is 4.55. The van der Waals surface area contributed by atoms with Crippen LogP contribution in [0.15, 0.2) is 0 Å². The molecule has 0 aromatic carbocycles. The molecule has 0 aliphatic carbocycles. The molecule has 0 unspecified atom stereocenters. The van der Waals surface area contributed by atoms with Crippen molar-refractivity contribution in [3.05, 3.63) is 0 Å². The second-order valence-corrected chi connectivity index (χ2v) is 9.65. The van der Waals surface area contributed by atoms with E-state index in [2.05, 4.69) is 0 Å². The summed E-state index contributed by atoms with van der Waals surface area (Å²) in [6.45, 7) is 4.85. The Kier molecular flexibility index (Phi) is 12.7. The lowest BCUT2D eigenvalue weighted by Crippen LogP contribution is -2.33. The molecule has 0 spiro atoms. The molecule has 0 rings (SSSR count). The van der Waals surface area contributed by atoms with Crippen LogP contribution in [0, 0.1) is 0 Å². The predicted molar refractivity (Wildman–Crippen MR) is 90.5 cm³/mol. The molecule has 0 aliphatic heterocycles. The Labute approximate surface area is 139 Å². The van der Waals surface area contributed by atoms with Gasteiger partial charge < -0.3 is 22.8 Å². The molecule has 0 saturated carbocycles. The fourth-order valence-corrected chi connectivity index (χ4v) is 3.90. The summed E-state index contributed by atoms with van der Waals surface area (Å²) < 4.78 is 49.5. The molecule has 0 aliphatic rings. The molecule has 0 bridgehead atoms. The molecule has 0 amide bonds. The summed E-state index contributed by atoms with van der Waals surface area (Å²) in [5.74, 6) is 0. The van der Waals surface area contributed by atoms with Crippen LogP contribution < -0.4 is 0 Å². The van der Waals surface area contributed by atoms with Crippen LogP contribution in [0.2, 0.25) is 0 Å². The van der Waals surface area contributed by atoms with Gasteiger partial charge in [0.2, 0.25) is 0 Å². The van der Waals surface area contributed by atoms with Gasteiger partial charge in [-0.15, -0.1) is 0 Å². The normalized spacial score (nSPS) is 13.0. The Bertz CT molecular complexity index is 349. The zero-order valence-corrected chi connectivity index (χ0v) is 16.6. The lowest BCUT2D eigenvalue weighted by atomic mass is 10.5. The quantitative estimate of drug-likeness (QED) is 0.319. The standard InChI is InChI=1S/C13H31NO7P2/c1-6-10-21-11-7-14(8-12-22(15,17-2)18-3)9-13-23(16,19-4)20-5/h6-13H2,1-5H3. The van der Waals surface area contributed by atoms with Crippen LogP contribution in [0.25, 0.3) is 0 Å². The largest absolute Gasteiger partial charge is 0.380 e. The van der Waals surface area contributed by atoms with Crippen LogP contribution in [-0.2, 0) is 32.0 Å². The third-order valence-electron chi connectivity index (χ3n) is 3.39. The average Bonchev–Trinajstić information content (AvgIpc) is 2.59. The zero-order valence-electron chi connectivity index (χ0n) is 14.9. The van der Waals surface area contributed by atoms with E-state index in [9.17, 15) is 9.13 Å². The van der Waals surface area contributed by atoms with Gasteiger partial charge in [0.25, 0.3) is 0 Å². The predicted octanol–water partition coefficient (Wildman–Crippen LogP) is 2.69. The SMILES string of the molecule is CCCOCCN(CCP(=O)(OC)OC)CCP(=O)(OC)OC. The highest BCUT2D eigenvalue weighted by molar-refractivity contribution is 7.54. The fraction of sp³-hybridized carbons (Fsp3) is 1.00. The molecule has 0 aromatic rings. The van der Waals surface area contributed by atoms with E-state index in [4.69, 9.17) is 22.8 Å². The monoisotopic (exact) mass is 375 g/mol. The van der Waals surface area contributed by atoms with Gasteiger partial charge in [0.15, 0.2) is 0 Å². The van der Waals surface area contributed by atoms with Gasteiger partial charge in [-0.25, -0.2) is 0 Å². The van der Waals surface area contributed by atoms with Gasteiger partial charge in [-0.1, -0.05) is 6.92 Å². The topological polar surface area (TPSA) is 83.5 Å². The number of nitrogens with zero attached hydrogens (tertiary/aromatic N) is 1. The third-order valence-corrected chi connectivity index (χ3v) is 7.11. The minimum absolute atomic E-state index is 0.248. The van der Waals surface area contributed by atoms with Gasteiger partial charge in [-0.3, -0.25) is 14.0 Å². The van der Waals surface area contributed by atoms with E-state index in [1.807, 2.05) is 11.8 Å². The second-order valence-electron chi connectivity index (χ2n) is 4.85. The van der Waals surface area contributed by atoms with Gasteiger partial charge in [0, 0.05) is 54.7 Å². The first-order valence-corrected chi connectivity index (χ1v) is 11.0. The van der Waals surface area contributed by atoms with E-state index >= 15 is 0 Å². The van der Waals surface area contributed by atoms with E-state index in [0.717, 1.165) is 6.42 Å². The molecule has 0 fully saturated rings. The molecule has 23 heavy (non-hydrogen) atoms. The molecule has 0 saturated heterocycles. The van der Waals surface area contributed by atoms with Crippen LogP contribution in [0.1, 0.15) is 13.3 Å². The Morgan fingerprint density at radius 3 is 1.52 bits per heavy atom. The first-order valence-electron chi connectivity index (χ1n) is 7.59. The van der Waals surface area contributed by atoms with E-state index in [0.29, 0.717) is 32.8 Å². The van der Waals surface area contributed by atoms with Crippen molar-refractivity contribution in [3.8, 4) is 0 Å². The molecule has 10 heteroatoms. The van der Waals surface area contributed by atoms with Gasteiger partial charge in [0.1, 0.15) is 0 Å². The van der Waals surface area contributed by atoms with Crippen LogP contribution >= 0.6 is 15.2 Å². The molecule has 0 aromatic heterocycles. The highest BCUT2D eigenvalue weighted by Gasteiger charge is 2.25. The molecule has 0 atom stereocenters. The summed E-state index contributed by atoms with van der Waals surface area (Å²) in [6, 6.07) is 0. The highest BCUT2D eigenvalue weighted by atomic mass is 31.2. The summed E-state index contributed by atoms with van der Waals surface area (Å²) in [5, 5.41) is 0. The van der Waals surface area contributed by atoms with E-state index in [-0.39, 0.29) is 12.3 Å². The molecular formula is C13H31NO7P2. The third kappa shape index (κ3) is 9.95. The van der Waals surface area contributed by atoms with Gasteiger partial charge >= 0.3 is 15.2 Å². The zero-order chi connectivity index (χ0) is 17.8. The van der Waals surface area contributed by atoms with Crippen molar-refractivity contribution in [1.29, 1.82) is 0 Å². The van der Waals surface area contributed by atoms with Crippen molar-refractivity contribution < 1.29 is 32.0 Å². The summed E-state index contributed by atoms with van der Waals surface area (Å²) in [5.41, 5.74) is 0. The smallest absolute Gasteiger partial charge is 0.331 e. The summed E-state index contributed by atoms with van der Waals surface area (Å²) >= 11 is 0. The summed E-state index contributed by atoms with van der Waals surface area (Å²) in [4.78, 5) is 1.99. The number of hydrogen-bond donors (Lipinski definition) is 0. The Morgan fingerprint density at radius 2 is 1.17 bits per heavy atom. The summed E-state index contributed by atoms with van der Waals surface area (Å²) in [6.07, 6.45) is 1.45.